The highest BCUT2D eigenvalue weighted by Gasteiger charge is 2.40. The van der Waals surface area contributed by atoms with Crippen molar-refractivity contribution in [3.8, 4) is 0 Å². The molecule has 1 amide bonds. The Morgan fingerprint density at radius 1 is 1.39 bits per heavy atom. The monoisotopic (exact) mass is 380 g/mol. The summed E-state index contributed by atoms with van der Waals surface area (Å²) in [5, 5.41) is 2.83. The third-order valence-corrected chi connectivity index (χ3v) is 6.01. The summed E-state index contributed by atoms with van der Waals surface area (Å²) < 4.78 is 31.0. The Hall–Kier alpha value is -1.35. The van der Waals surface area contributed by atoms with Crippen LogP contribution >= 0.6 is 23.2 Å². The maximum absolute atomic E-state index is 12.8. The Morgan fingerprint density at radius 2 is 2.09 bits per heavy atom. The lowest BCUT2D eigenvalue weighted by molar-refractivity contribution is -0.144. The number of ether oxygens (including phenoxy) is 1. The predicted molar refractivity (Wildman–Crippen MR) is 83.8 cm³/mol. The highest BCUT2D eigenvalue weighted by Crippen LogP contribution is 2.28. The molecule has 0 bridgehead atoms. The average Bonchev–Trinajstić information content (AvgIpc) is 2.51. The summed E-state index contributed by atoms with van der Waals surface area (Å²) in [6.45, 7) is 0.188. The minimum absolute atomic E-state index is 0.0377. The van der Waals surface area contributed by atoms with Gasteiger partial charge in [-0.05, 0) is 18.2 Å². The molecule has 1 aromatic carbocycles. The number of piperazine rings is 1. The van der Waals surface area contributed by atoms with Crippen LogP contribution in [0, 0.1) is 0 Å². The molecule has 1 saturated heterocycles. The van der Waals surface area contributed by atoms with E-state index in [1.54, 1.807) is 0 Å². The molecule has 1 aliphatic heterocycles. The fourth-order valence-corrected chi connectivity index (χ4v) is 4.17. The topological polar surface area (TPSA) is 92.8 Å². The fourth-order valence-electron chi connectivity index (χ4n) is 2.19. The molecule has 10 heteroatoms. The number of benzene rings is 1. The molecule has 0 radical (unpaired) electrons. The van der Waals surface area contributed by atoms with Crippen LogP contribution in [0.4, 0.5) is 0 Å². The van der Waals surface area contributed by atoms with Crippen molar-refractivity contribution in [1.29, 1.82) is 0 Å². The zero-order valence-electron chi connectivity index (χ0n) is 12.1. The third-order valence-electron chi connectivity index (χ3n) is 3.37. The van der Waals surface area contributed by atoms with Crippen LogP contribution in [0.1, 0.15) is 6.42 Å². The Morgan fingerprint density at radius 3 is 2.70 bits per heavy atom. The second-order valence-electron chi connectivity index (χ2n) is 4.78. The molecular weight excluding hydrogens is 367 g/mol. The fraction of sp³-hybridized carbons (Fsp3) is 0.385. The minimum atomic E-state index is -4.02. The summed E-state index contributed by atoms with van der Waals surface area (Å²) in [4.78, 5) is 23.4. The van der Waals surface area contributed by atoms with Crippen molar-refractivity contribution in [2.24, 2.45) is 0 Å². The number of carbonyl (C=O) groups excluding carboxylic acids is 2. The number of rotatable bonds is 4. The number of nitrogens with one attached hydrogen (secondary N) is 1. The molecule has 126 valence electrons. The Labute approximate surface area is 143 Å². The van der Waals surface area contributed by atoms with Crippen molar-refractivity contribution in [2.75, 3.05) is 20.2 Å². The van der Waals surface area contributed by atoms with E-state index in [1.807, 2.05) is 0 Å². The molecule has 0 aromatic heterocycles. The average molecular weight is 381 g/mol. The number of sulfonamides is 1. The zero-order chi connectivity index (χ0) is 17.2. The quantitative estimate of drug-likeness (QED) is 0.787. The van der Waals surface area contributed by atoms with E-state index in [-0.39, 0.29) is 34.5 Å². The number of hydrogen-bond donors (Lipinski definition) is 1. The SMILES string of the molecule is COC(=O)C[C@@H]1C(=O)NCCN1S(=O)(=O)c1ccc(Cl)c(Cl)c1. The second kappa shape index (κ2) is 7.04. The van der Waals surface area contributed by atoms with E-state index in [4.69, 9.17) is 23.2 Å². The number of hydrogen-bond acceptors (Lipinski definition) is 5. The van der Waals surface area contributed by atoms with Gasteiger partial charge in [0.2, 0.25) is 15.9 Å². The molecule has 1 N–H and O–H groups in total. The molecule has 1 aliphatic rings. The highest BCUT2D eigenvalue weighted by molar-refractivity contribution is 7.89. The minimum Gasteiger partial charge on any atom is -0.469 e. The molecule has 0 spiro atoms. The number of halogens is 2. The first kappa shape index (κ1) is 18.0. The third kappa shape index (κ3) is 3.77. The predicted octanol–water partition coefficient (Wildman–Crippen LogP) is 1.05. The molecule has 0 aliphatic carbocycles. The number of nitrogens with zero attached hydrogens (tertiary/aromatic N) is 1. The van der Waals surface area contributed by atoms with Gasteiger partial charge in [0.15, 0.2) is 0 Å². The summed E-state index contributed by atoms with van der Waals surface area (Å²) in [6.07, 6.45) is -0.372. The second-order valence-corrected chi connectivity index (χ2v) is 7.48. The molecule has 23 heavy (non-hydrogen) atoms. The molecule has 1 heterocycles. The van der Waals surface area contributed by atoms with Gasteiger partial charge in [0.05, 0.1) is 28.5 Å². The van der Waals surface area contributed by atoms with E-state index >= 15 is 0 Å². The molecule has 0 saturated carbocycles. The molecule has 7 nitrogen and oxygen atoms in total. The Bertz CT molecular complexity index is 738. The van der Waals surface area contributed by atoms with Gasteiger partial charge >= 0.3 is 5.97 Å². The number of amides is 1. The summed E-state index contributed by atoms with van der Waals surface area (Å²) in [5.74, 6) is -1.23. The maximum Gasteiger partial charge on any atom is 0.307 e. The van der Waals surface area contributed by atoms with E-state index < -0.39 is 27.9 Å². The number of carbonyl (C=O) groups is 2. The van der Waals surface area contributed by atoms with Gasteiger partial charge in [-0.25, -0.2) is 8.42 Å². The van der Waals surface area contributed by atoms with Crippen LogP contribution in [0.25, 0.3) is 0 Å². The first-order valence-electron chi connectivity index (χ1n) is 6.59. The van der Waals surface area contributed by atoms with Crippen molar-refractivity contribution >= 4 is 45.1 Å². The van der Waals surface area contributed by atoms with Gasteiger partial charge in [0, 0.05) is 13.1 Å². The van der Waals surface area contributed by atoms with Gasteiger partial charge in [-0.3, -0.25) is 9.59 Å². The van der Waals surface area contributed by atoms with Crippen molar-refractivity contribution in [3.05, 3.63) is 28.2 Å². The van der Waals surface area contributed by atoms with Crippen LogP contribution in [-0.4, -0.2) is 50.8 Å². The van der Waals surface area contributed by atoms with Crippen LogP contribution in [0.5, 0.6) is 0 Å². The molecular formula is C13H14Cl2N2O5S. The van der Waals surface area contributed by atoms with Gasteiger partial charge in [-0.15, -0.1) is 0 Å². The lowest BCUT2D eigenvalue weighted by atomic mass is 10.1. The molecule has 1 fully saturated rings. The number of esters is 1. The first-order valence-corrected chi connectivity index (χ1v) is 8.78. The van der Waals surface area contributed by atoms with E-state index in [9.17, 15) is 18.0 Å². The van der Waals surface area contributed by atoms with Crippen LogP contribution in [0.3, 0.4) is 0 Å². The van der Waals surface area contributed by atoms with E-state index in [1.165, 1.54) is 25.3 Å². The summed E-state index contributed by atoms with van der Waals surface area (Å²) in [6, 6.07) is 2.69. The first-order chi connectivity index (χ1) is 10.8. The van der Waals surface area contributed by atoms with Crippen molar-refractivity contribution in [3.63, 3.8) is 0 Å². The van der Waals surface area contributed by atoms with Crippen molar-refractivity contribution in [1.82, 2.24) is 9.62 Å². The lowest BCUT2D eigenvalue weighted by Crippen LogP contribution is -2.57. The Kier molecular flexibility index (Phi) is 5.51. The standard InChI is InChI=1S/C13H14Cl2N2O5S/c1-22-12(18)7-11-13(19)16-4-5-17(11)23(20,21)8-2-3-9(14)10(15)6-8/h2-3,6,11H,4-5,7H2,1H3,(H,16,19)/t11-/m1/s1. The largest absolute Gasteiger partial charge is 0.469 e. The molecule has 1 atom stereocenters. The van der Waals surface area contributed by atoms with Crippen LogP contribution < -0.4 is 5.32 Å². The van der Waals surface area contributed by atoms with E-state index in [0.717, 1.165) is 4.31 Å². The van der Waals surface area contributed by atoms with Gasteiger partial charge < -0.3 is 10.1 Å². The van der Waals surface area contributed by atoms with Crippen molar-refractivity contribution in [2.45, 2.75) is 17.4 Å². The smallest absolute Gasteiger partial charge is 0.307 e. The summed E-state index contributed by atoms with van der Waals surface area (Å²) >= 11 is 11.7. The highest BCUT2D eigenvalue weighted by atomic mass is 35.5. The van der Waals surface area contributed by atoms with Crippen molar-refractivity contribution < 1.29 is 22.7 Å². The molecule has 0 unspecified atom stereocenters. The van der Waals surface area contributed by atoms with E-state index in [2.05, 4.69) is 10.1 Å². The Balaban J connectivity index is 2.39. The maximum atomic E-state index is 12.8. The van der Waals surface area contributed by atoms with E-state index in [0.29, 0.717) is 0 Å². The molecule has 1 aromatic rings. The lowest BCUT2D eigenvalue weighted by Gasteiger charge is -2.33. The van der Waals surface area contributed by atoms with Crippen LogP contribution in [0.15, 0.2) is 23.1 Å². The van der Waals surface area contributed by atoms with Gasteiger partial charge in [0.1, 0.15) is 6.04 Å². The van der Waals surface area contributed by atoms with Gasteiger partial charge in [-0.2, -0.15) is 4.31 Å². The molecule has 2 rings (SSSR count). The van der Waals surface area contributed by atoms with Gasteiger partial charge in [0.25, 0.3) is 0 Å². The normalized spacial score (nSPS) is 19.3. The zero-order valence-corrected chi connectivity index (χ0v) is 14.4. The van der Waals surface area contributed by atoms with Gasteiger partial charge in [-0.1, -0.05) is 23.2 Å². The summed E-state index contributed by atoms with van der Waals surface area (Å²) in [5.41, 5.74) is 0. The van der Waals surface area contributed by atoms with Crippen LogP contribution in [-0.2, 0) is 24.3 Å². The summed E-state index contributed by atoms with van der Waals surface area (Å²) in [7, 11) is -2.85. The number of methoxy groups -OCH3 is 1. The van der Waals surface area contributed by atoms with Crippen LogP contribution in [0.2, 0.25) is 10.0 Å².